The van der Waals surface area contributed by atoms with E-state index in [1.54, 1.807) is 0 Å². The van der Waals surface area contributed by atoms with Gasteiger partial charge in [-0.05, 0) is 19.9 Å². The van der Waals surface area contributed by atoms with Gasteiger partial charge >= 0.3 is 0 Å². The minimum atomic E-state index is 0.700. The summed E-state index contributed by atoms with van der Waals surface area (Å²) in [5.74, 6) is 2.63. The van der Waals surface area contributed by atoms with Crippen molar-refractivity contribution >= 4 is 11.6 Å². The number of hydrogen-bond donors (Lipinski definition) is 0. The lowest BCUT2D eigenvalue weighted by atomic mass is 10.3. The second kappa shape index (κ2) is 7.85. The zero-order chi connectivity index (χ0) is 17.9. The Morgan fingerprint density at radius 1 is 1.00 bits per heavy atom. The van der Waals surface area contributed by atoms with E-state index in [2.05, 4.69) is 32.7 Å². The molecule has 0 unspecified atom stereocenters. The molecule has 0 spiro atoms. The minimum absolute atomic E-state index is 0.700. The van der Waals surface area contributed by atoms with Crippen LogP contribution in [0.15, 0.2) is 6.07 Å². The SMILES string of the molecule is CCCN1CCN(Cc2nc3nc(C)cc(N4CCOCC4)n3n2)CC1. The molecule has 26 heavy (non-hydrogen) atoms. The zero-order valence-corrected chi connectivity index (χ0v) is 15.9. The van der Waals surface area contributed by atoms with Gasteiger partial charge in [0.1, 0.15) is 5.82 Å². The third-order valence-corrected chi connectivity index (χ3v) is 5.17. The monoisotopic (exact) mass is 359 g/mol. The van der Waals surface area contributed by atoms with Crippen molar-refractivity contribution < 1.29 is 4.74 Å². The average molecular weight is 359 g/mol. The van der Waals surface area contributed by atoms with Crippen molar-refractivity contribution in [2.24, 2.45) is 0 Å². The summed E-state index contributed by atoms with van der Waals surface area (Å²) in [5, 5.41) is 4.78. The summed E-state index contributed by atoms with van der Waals surface area (Å²) in [7, 11) is 0. The molecule has 2 aromatic heterocycles. The van der Waals surface area contributed by atoms with E-state index < -0.39 is 0 Å². The van der Waals surface area contributed by atoms with E-state index in [9.17, 15) is 0 Å². The highest BCUT2D eigenvalue weighted by Crippen LogP contribution is 2.18. The molecule has 2 aliphatic heterocycles. The number of piperazine rings is 1. The average Bonchev–Trinajstić information content (AvgIpc) is 3.05. The third kappa shape index (κ3) is 3.82. The van der Waals surface area contributed by atoms with Crippen LogP contribution in [-0.2, 0) is 11.3 Å². The van der Waals surface area contributed by atoms with Crippen LogP contribution in [0, 0.1) is 6.92 Å². The van der Waals surface area contributed by atoms with Gasteiger partial charge < -0.3 is 14.5 Å². The van der Waals surface area contributed by atoms with E-state index in [1.807, 2.05) is 11.4 Å². The molecule has 142 valence electrons. The summed E-state index contributed by atoms with van der Waals surface area (Å²) >= 11 is 0. The summed E-state index contributed by atoms with van der Waals surface area (Å²) in [6, 6.07) is 2.10. The van der Waals surface area contributed by atoms with Crippen molar-refractivity contribution in [1.29, 1.82) is 0 Å². The number of hydrogen-bond acceptors (Lipinski definition) is 7. The number of aryl methyl sites for hydroxylation is 1. The Kier molecular flexibility index (Phi) is 5.33. The number of fused-ring (bicyclic) bond motifs is 1. The number of rotatable bonds is 5. The van der Waals surface area contributed by atoms with Crippen molar-refractivity contribution in [2.75, 3.05) is 63.9 Å². The maximum atomic E-state index is 5.48. The topological polar surface area (TPSA) is 62.0 Å². The minimum Gasteiger partial charge on any atom is -0.378 e. The molecule has 0 saturated carbocycles. The van der Waals surface area contributed by atoms with Gasteiger partial charge in [-0.3, -0.25) is 4.90 Å². The third-order valence-electron chi connectivity index (χ3n) is 5.17. The molecule has 0 aromatic carbocycles. The molecule has 2 fully saturated rings. The Hall–Kier alpha value is -1.77. The smallest absolute Gasteiger partial charge is 0.254 e. The lowest BCUT2D eigenvalue weighted by Crippen LogP contribution is -2.46. The standard InChI is InChI=1S/C18H29N7O/c1-3-4-22-5-7-23(8-6-22)14-16-20-18-19-15(2)13-17(25(18)21-16)24-9-11-26-12-10-24/h13H,3-12,14H2,1-2H3. The summed E-state index contributed by atoms with van der Waals surface area (Å²) in [5.41, 5.74) is 0.978. The Labute approximate surface area is 154 Å². The van der Waals surface area contributed by atoms with Gasteiger partial charge in [0.2, 0.25) is 0 Å². The van der Waals surface area contributed by atoms with Gasteiger partial charge in [-0.1, -0.05) is 6.92 Å². The molecule has 0 atom stereocenters. The lowest BCUT2D eigenvalue weighted by molar-refractivity contribution is 0.122. The zero-order valence-electron chi connectivity index (χ0n) is 15.9. The highest BCUT2D eigenvalue weighted by atomic mass is 16.5. The van der Waals surface area contributed by atoms with Crippen LogP contribution < -0.4 is 4.90 Å². The highest BCUT2D eigenvalue weighted by Gasteiger charge is 2.20. The second-order valence-electron chi connectivity index (χ2n) is 7.21. The van der Waals surface area contributed by atoms with Gasteiger partial charge in [-0.15, -0.1) is 5.10 Å². The number of nitrogens with zero attached hydrogens (tertiary/aromatic N) is 7. The van der Waals surface area contributed by atoms with Crippen LogP contribution in [0.1, 0.15) is 24.9 Å². The molecule has 8 nitrogen and oxygen atoms in total. The fraction of sp³-hybridized carbons (Fsp3) is 0.722. The molecule has 4 rings (SSSR count). The largest absolute Gasteiger partial charge is 0.378 e. The van der Waals surface area contributed by atoms with Gasteiger partial charge in [0.05, 0.1) is 19.8 Å². The predicted octanol–water partition coefficient (Wildman–Crippen LogP) is 0.797. The van der Waals surface area contributed by atoms with E-state index in [-0.39, 0.29) is 0 Å². The summed E-state index contributed by atoms with van der Waals surface area (Å²) in [4.78, 5) is 16.6. The van der Waals surface area contributed by atoms with Crippen molar-refractivity contribution in [2.45, 2.75) is 26.8 Å². The summed E-state index contributed by atoms with van der Waals surface area (Å²) in [6.45, 7) is 14.0. The fourth-order valence-electron chi connectivity index (χ4n) is 3.78. The van der Waals surface area contributed by atoms with Crippen LogP contribution in [-0.4, -0.2) is 88.4 Å². The van der Waals surface area contributed by atoms with Crippen LogP contribution in [0.5, 0.6) is 0 Å². The van der Waals surface area contributed by atoms with Crippen molar-refractivity contribution in [1.82, 2.24) is 29.4 Å². The van der Waals surface area contributed by atoms with Gasteiger partial charge in [-0.25, -0.2) is 4.98 Å². The Morgan fingerprint density at radius 3 is 2.46 bits per heavy atom. The van der Waals surface area contributed by atoms with Gasteiger partial charge in [0, 0.05) is 51.0 Å². The van der Waals surface area contributed by atoms with Crippen LogP contribution in [0.3, 0.4) is 0 Å². The molecule has 0 N–H and O–H groups in total. The molecule has 2 aromatic rings. The first kappa shape index (κ1) is 17.6. The van der Waals surface area contributed by atoms with Crippen molar-refractivity contribution in [3.05, 3.63) is 17.6 Å². The van der Waals surface area contributed by atoms with Gasteiger partial charge in [0.15, 0.2) is 5.82 Å². The summed E-state index contributed by atoms with van der Waals surface area (Å²) in [6.07, 6.45) is 1.23. The van der Waals surface area contributed by atoms with E-state index in [0.29, 0.717) is 5.78 Å². The first-order chi connectivity index (χ1) is 12.7. The Bertz CT molecular complexity index is 732. The van der Waals surface area contributed by atoms with E-state index in [4.69, 9.17) is 14.8 Å². The molecular formula is C18H29N7O. The fourth-order valence-corrected chi connectivity index (χ4v) is 3.78. The first-order valence-electron chi connectivity index (χ1n) is 9.73. The molecule has 2 aliphatic rings. The number of morpholine rings is 1. The molecule has 0 bridgehead atoms. The van der Waals surface area contributed by atoms with E-state index in [0.717, 1.165) is 76.4 Å². The molecule has 4 heterocycles. The quantitative estimate of drug-likeness (QED) is 0.782. The maximum absolute atomic E-state index is 5.48. The Morgan fingerprint density at radius 2 is 1.73 bits per heavy atom. The molecule has 2 saturated heterocycles. The lowest BCUT2D eigenvalue weighted by Gasteiger charge is -2.33. The highest BCUT2D eigenvalue weighted by molar-refractivity contribution is 5.47. The molecule has 8 heteroatoms. The van der Waals surface area contributed by atoms with Crippen LogP contribution >= 0.6 is 0 Å². The number of aromatic nitrogens is 4. The molecule has 0 radical (unpaired) electrons. The van der Waals surface area contributed by atoms with Crippen LogP contribution in [0.25, 0.3) is 5.78 Å². The number of anilines is 1. The normalized spacial score (nSPS) is 20.2. The number of ether oxygens (including phenoxy) is 1. The molecule has 0 amide bonds. The van der Waals surface area contributed by atoms with E-state index >= 15 is 0 Å². The maximum Gasteiger partial charge on any atom is 0.254 e. The summed E-state index contributed by atoms with van der Waals surface area (Å²) < 4.78 is 7.39. The Balaban J connectivity index is 1.50. The van der Waals surface area contributed by atoms with Crippen LogP contribution in [0.4, 0.5) is 5.82 Å². The molecule has 0 aliphatic carbocycles. The molecular weight excluding hydrogens is 330 g/mol. The van der Waals surface area contributed by atoms with Gasteiger partial charge in [-0.2, -0.15) is 9.50 Å². The van der Waals surface area contributed by atoms with E-state index in [1.165, 1.54) is 13.0 Å². The van der Waals surface area contributed by atoms with Gasteiger partial charge in [0.25, 0.3) is 5.78 Å². The first-order valence-corrected chi connectivity index (χ1v) is 9.73. The predicted molar refractivity (Wildman–Crippen MR) is 101 cm³/mol. The van der Waals surface area contributed by atoms with Crippen molar-refractivity contribution in [3.8, 4) is 0 Å². The second-order valence-corrected chi connectivity index (χ2v) is 7.21. The van der Waals surface area contributed by atoms with Crippen LogP contribution in [0.2, 0.25) is 0 Å². The van der Waals surface area contributed by atoms with Crippen molar-refractivity contribution in [3.63, 3.8) is 0 Å².